The average Bonchev–Trinajstić information content (AvgIpc) is 2.84. The third-order valence-corrected chi connectivity index (χ3v) is 6.92. The lowest BCUT2D eigenvalue weighted by Crippen LogP contribution is -2.30. The maximum Gasteiger partial charge on any atom is 0.311 e. The minimum atomic E-state index is -0.600. The molecule has 0 bridgehead atoms. The van der Waals surface area contributed by atoms with E-state index in [2.05, 4.69) is 45.1 Å². The smallest absolute Gasteiger partial charge is 0.311 e. The molecule has 1 aliphatic heterocycles. The number of nitrogens with zero attached hydrogens (tertiary/aromatic N) is 1. The Bertz CT molecular complexity index is 1350. The Morgan fingerprint density at radius 2 is 1.87 bits per heavy atom. The fourth-order valence-electron chi connectivity index (χ4n) is 5.19. The fraction of sp³-hybridized carbons (Fsp3) is 0.500. The highest BCUT2D eigenvalue weighted by molar-refractivity contribution is 6.33. The van der Waals surface area contributed by atoms with Crippen molar-refractivity contribution in [2.75, 3.05) is 13.2 Å². The van der Waals surface area contributed by atoms with Gasteiger partial charge in [-0.05, 0) is 102 Å². The molecule has 4 rings (SSSR count). The van der Waals surface area contributed by atoms with Gasteiger partial charge >= 0.3 is 5.97 Å². The summed E-state index contributed by atoms with van der Waals surface area (Å²) < 4.78 is 18.4. The molecule has 0 radical (unpaired) electrons. The van der Waals surface area contributed by atoms with Gasteiger partial charge in [0.1, 0.15) is 26.3 Å². The lowest BCUT2D eigenvalue weighted by molar-refractivity contribution is -0.162. The van der Waals surface area contributed by atoms with Gasteiger partial charge in [0.05, 0.1) is 23.1 Å². The van der Waals surface area contributed by atoms with Crippen LogP contribution in [0, 0.1) is 12.3 Å². The van der Waals surface area contributed by atoms with Crippen LogP contribution < -0.4 is 10.2 Å². The van der Waals surface area contributed by atoms with Crippen molar-refractivity contribution in [3.05, 3.63) is 52.7 Å². The molecule has 0 N–H and O–H groups in total. The lowest BCUT2D eigenvalue weighted by Gasteiger charge is -2.31. The van der Waals surface area contributed by atoms with Crippen LogP contribution in [0.4, 0.5) is 0 Å². The van der Waals surface area contributed by atoms with E-state index < -0.39 is 17.1 Å². The molecule has 0 unspecified atom stereocenters. The molecule has 0 amide bonds. The van der Waals surface area contributed by atoms with Crippen molar-refractivity contribution in [3.63, 3.8) is 0 Å². The second kappa shape index (κ2) is 10.7. The Kier molecular flexibility index (Phi) is 7.95. The average molecular weight is 516 g/mol. The van der Waals surface area contributed by atoms with Gasteiger partial charge in [-0.3, -0.25) is 9.78 Å². The van der Waals surface area contributed by atoms with Crippen molar-refractivity contribution in [3.8, 4) is 16.9 Å². The molecule has 5 nitrogen and oxygen atoms in total. The molecule has 2 heterocycles. The first-order chi connectivity index (χ1) is 17.8. The Morgan fingerprint density at radius 1 is 1.13 bits per heavy atom. The van der Waals surface area contributed by atoms with Crippen LogP contribution >= 0.6 is 0 Å². The first-order valence-corrected chi connectivity index (χ1v) is 13.8. The number of aryl methyl sites for hydroxylation is 3. The van der Waals surface area contributed by atoms with Crippen molar-refractivity contribution in [1.29, 1.82) is 0 Å². The van der Waals surface area contributed by atoms with Crippen LogP contribution in [0.15, 0.2) is 30.3 Å². The van der Waals surface area contributed by atoms with Gasteiger partial charge in [0.25, 0.3) is 0 Å². The minimum absolute atomic E-state index is 0.120. The summed E-state index contributed by atoms with van der Waals surface area (Å²) in [4.78, 5) is 17.9. The van der Waals surface area contributed by atoms with Gasteiger partial charge in [-0.25, -0.2) is 0 Å². The van der Waals surface area contributed by atoms with Crippen LogP contribution in [0.2, 0.25) is 0 Å². The van der Waals surface area contributed by atoms with Crippen LogP contribution in [-0.2, 0) is 27.1 Å². The molecule has 38 heavy (non-hydrogen) atoms. The first kappa shape index (κ1) is 28.2. The predicted molar refractivity (Wildman–Crippen MR) is 157 cm³/mol. The lowest BCUT2D eigenvalue weighted by atomic mass is 9.85. The van der Waals surface area contributed by atoms with E-state index in [0.717, 1.165) is 64.9 Å². The summed E-state index contributed by atoms with van der Waals surface area (Å²) >= 11 is 0. The number of aromatic nitrogens is 1. The number of pyridine rings is 1. The number of rotatable bonds is 6. The van der Waals surface area contributed by atoms with Gasteiger partial charge in [0, 0.05) is 16.6 Å². The van der Waals surface area contributed by atoms with Gasteiger partial charge < -0.3 is 14.2 Å². The summed E-state index contributed by atoms with van der Waals surface area (Å²) in [5.41, 5.74) is 7.67. The number of carbonyl (C=O) groups is 1. The predicted octanol–water partition coefficient (Wildman–Crippen LogP) is 5.80. The van der Waals surface area contributed by atoms with Gasteiger partial charge in [-0.2, -0.15) is 0 Å². The van der Waals surface area contributed by atoms with Crippen LogP contribution in [-0.4, -0.2) is 37.6 Å². The summed E-state index contributed by atoms with van der Waals surface area (Å²) in [5, 5.41) is 1.10. The summed E-state index contributed by atoms with van der Waals surface area (Å²) in [5.74, 6) is 0.715. The van der Waals surface area contributed by atoms with Gasteiger partial charge in [0.15, 0.2) is 0 Å². The molecule has 1 aliphatic rings. The summed E-state index contributed by atoms with van der Waals surface area (Å²) in [6.07, 6.45) is 2.42. The molecule has 3 aromatic rings. The third-order valence-electron chi connectivity index (χ3n) is 6.92. The molecule has 0 aliphatic carbocycles. The van der Waals surface area contributed by atoms with E-state index in [1.807, 2.05) is 48.5 Å². The van der Waals surface area contributed by atoms with Gasteiger partial charge in [-0.15, -0.1) is 0 Å². The second-order valence-electron chi connectivity index (χ2n) is 12.5. The Balaban J connectivity index is 1.99. The van der Waals surface area contributed by atoms with Gasteiger partial charge in [-0.1, -0.05) is 30.6 Å². The van der Waals surface area contributed by atoms with E-state index in [4.69, 9.17) is 19.2 Å². The zero-order valence-corrected chi connectivity index (χ0v) is 24.6. The molecule has 0 fully saturated rings. The molecule has 202 valence electrons. The first-order valence-electron chi connectivity index (χ1n) is 13.8. The number of hydrogen-bond acceptors (Lipinski definition) is 5. The molecule has 1 aromatic heterocycles. The molecule has 0 saturated carbocycles. The second-order valence-corrected chi connectivity index (χ2v) is 12.5. The fourth-order valence-corrected chi connectivity index (χ4v) is 5.19. The Hall–Kier alpha value is -2.86. The van der Waals surface area contributed by atoms with Crippen molar-refractivity contribution >= 4 is 30.2 Å². The molecule has 2 aromatic carbocycles. The highest BCUT2D eigenvalue weighted by atomic mass is 16.6. The molecule has 0 spiro atoms. The largest absolute Gasteiger partial charge is 0.493 e. The number of esters is 1. The summed E-state index contributed by atoms with van der Waals surface area (Å²) in [6, 6.07) is 10.9. The van der Waals surface area contributed by atoms with E-state index in [0.29, 0.717) is 0 Å². The van der Waals surface area contributed by atoms with Crippen molar-refractivity contribution in [2.45, 2.75) is 86.4 Å². The third kappa shape index (κ3) is 6.07. The van der Waals surface area contributed by atoms with Gasteiger partial charge in [0.2, 0.25) is 0 Å². The van der Waals surface area contributed by atoms with Crippen molar-refractivity contribution in [1.82, 2.24) is 4.98 Å². The van der Waals surface area contributed by atoms with Crippen LogP contribution in [0.5, 0.6) is 5.75 Å². The number of carbonyl (C=O) groups excluding carboxylic acids is 1. The molecular weight excluding hydrogens is 473 g/mol. The van der Waals surface area contributed by atoms with Crippen molar-refractivity contribution in [2.24, 2.45) is 5.41 Å². The number of fused-ring (bicyclic) bond motifs is 2. The van der Waals surface area contributed by atoms with Crippen LogP contribution in [0.3, 0.4) is 0 Å². The number of hydrogen-bond donors (Lipinski definition) is 0. The standard InChI is InChI=1S/C32H42BNO4/c1-9-20-16-23(33)17-24-28(22-12-13-25-21(15-22)11-10-14-36-25)27(19(2)34-29(20)24)26(38-32(6,7)8)18-37-30(35)31(3,4)5/h12-13,15-17,26H,9-11,14,18,33H2,1-8H3/t26-/m1/s1. The van der Waals surface area contributed by atoms with Crippen LogP contribution in [0.1, 0.15) is 83.4 Å². The quantitative estimate of drug-likeness (QED) is 0.307. The topological polar surface area (TPSA) is 57.7 Å². The van der Waals surface area contributed by atoms with E-state index in [9.17, 15) is 4.79 Å². The zero-order chi connectivity index (χ0) is 27.8. The highest BCUT2D eigenvalue weighted by Crippen LogP contribution is 2.41. The Labute approximate surface area is 228 Å². The maximum atomic E-state index is 12.8. The van der Waals surface area contributed by atoms with E-state index in [1.165, 1.54) is 16.6 Å². The molecule has 6 heteroatoms. The van der Waals surface area contributed by atoms with Crippen molar-refractivity contribution < 1.29 is 19.0 Å². The van der Waals surface area contributed by atoms with E-state index in [1.54, 1.807) is 0 Å². The normalized spacial score (nSPS) is 14.6. The summed E-state index contributed by atoms with van der Waals surface area (Å²) in [6.45, 7) is 16.8. The zero-order valence-electron chi connectivity index (χ0n) is 24.6. The molecule has 0 saturated heterocycles. The SMILES string of the molecule is Bc1cc(CC)c2nc(C)c([C@@H](COC(=O)C(C)(C)C)OC(C)(C)C)c(-c3ccc4c(c3)CCCO4)c2c1. The highest BCUT2D eigenvalue weighted by Gasteiger charge is 2.31. The van der Waals surface area contributed by atoms with E-state index in [-0.39, 0.29) is 12.6 Å². The number of benzene rings is 2. The maximum absolute atomic E-state index is 12.8. The monoisotopic (exact) mass is 515 g/mol. The minimum Gasteiger partial charge on any atom is -0.493 e. The molecule has 1 atom stereocenters. The molecular formula is C32H42BNO4. The number of ether oxygens (including phenoxy) is 3. The van der Waals surface area contributed by atoms with Crippen LogP contribution in [0.25, 0.3) is 22.0 Å². The summed E-state index contributed by atoms with van der Waals surface area (Å²) in [7, 11) is 2.14. The van der Waals surface area contributed by atoms with E-state index >= 15 is 0 Å². The Morgan fingerprint density at radius 3 is 2.53 bits per heavy atom.